The number of rotatable bonds is 5. The van der Waals surface area contributed by atoms with Gasteiger partial charge in [-0.2, -0.15) is 17.0 Å². The third-order valence-electron chi connectivity index (χ3n) is 2.96. The topological polar surface area (TPSA) is 39.9 Å². The molecule has 1 heterocycles. The minimum atomic E-state index is 0.423. The molecular weight excluding hydrogens is 230 g/mol. The van der Waals surface area contributed by atoms with E-state index >= 15 is 0 Å². The first-order chi connectivity index (χ1) is 8.15. The zero-order chi connectivity index (χ0) is 12.8. The first-order valence-electron chi connectivity index (χ1n) is 5.73. The largest absolute Gasteiger partial charge is 0.355 e. The van der Waals surface area contributed by atoms with Crippen molar-refractivity contribution >= 4 is 17.6 Å². The normalized spacial score (nSPS) is 11.9. The lowest BCUT2D eigenvalue weighted by Gasteiger charge is -2.28. The third kappa shape index (κ3) is 3.13. The third-order valence-corrected chi connectivity index (χ3v) is 3.68. The molecule has 4 heteroatoms. The van der Waals surface area contributed by atoms with Crippen molar-refractivity contribution in [3.63, 3.8) is 0 Å². The number of hydrogen-bond acceptors (Lipinski definition) is 4. The minimum Gasteiger partial charge on any atom is -0.355 e. The Morgan fingerprint density at radius 2 is 2.29 bits per heavy atom. The quantitative estimate of drug-likeness (QED) is 0.804. The molecule has 1 rings (SSSR count). The molecule has 1 atom stereocenters. The van der Waals surface area contributed by atoms with Crippen molar-refractivity contribution in [2.45, 2.75) is 26.3 Å². The number of anilines is 1. The summed E-state index contributed by atoms with van der Waals surface area (Å²) in [6.07, 6.45) is 4.93. The molecule has 0 aliphatic heterocycles. The van der Waals surface area contributed by atoms with E-state index in [2.05, 4.69) is 29.1 Å². The number of aryl methyl sites for hydroxylation is 1. The average molecular weight is 249 g/mol. The second-order valence-electron chi connectivity index (χ2n) is 4.07. The van der Waals surface area contributed by atoms with Gasteiger partial charge in [0, 0.05) is 25.0 Å². The van der Waals surface area contributed by atoms with Gasteiger partial charge < -0.3 is 4.90 Å². The van der Waals surface area contributed by atoms with E-state index in [9.17, 15) is 5.26 Å². The van der Waals surface area contributed by atoms with Gasteiger partial charge in [0.15, 0.2) is 0 Å². The summed E-state index contributed by atoms with van der Waals surface area (Å²) in [5, 5.41) is 9.21. The summed E-state index contributed by atoms with van der Waals surface area (Å²) in [6, 6.07) is 4.56. The molecule has 0 radical (unpaired) electrons. The SMILES string of the molecule is CCC(CSC)N(C)c1nccc(C)c1C#N. The summed E-state index contributed by atoms with van der Waals surface area (Å²) in [5.74, 6) is 1.85. The van der Waals surface area contributed by atoms with Crippen LogP contribution in [0.15, 0.2) is 12.3 Å². The number of nitrogens with zero attached hydrogens (tertiary/aromatic N) is 3. The molecule has 1 unspecified atom stereocenters. The van der Waals surface area contributed by atoms with Crippen LogP contribution in [-0.4, -0.2) is 30.1 Å². The summed E-state index contributed by atoms with van der Waals surface area (Å²) in [4.78, 5) is 6.48. The van der Waals surface area contributed by atoms with E-state index in [0.29, 0.717) is 11.6 Å². The van der Waals surface area contributed by atoms with Crippen LogP contribution in [-0.2, 0) is 0 Å². The van der Waals surface area contributed by atoms with Crippen molar-refractivity contribution in [3.8, 4) is 6.07 Å². The molecule has 0 saturated heterocycles. The monoisotopic (exact) mass is 249 g/mol. The molecule has 0 aliphatic rings. The van der Waals surface area contributed by atoms with Crippen molar-refractivity contribution in [3.05, 3.63) is 23.4 Å². The minimum absolute atomic E-state index is 0.423. The zero-order valence-corrected chi connectivity index (χ0v) is 11.7. The highest BCUT2D eigenvalue weighted by molar-refractivity contribution is 7.98. The molecule has 0 saturated carbocycles. The fraction of sp³-hybridized carbons (Fsp3) is 0.538. The van der Waals surface area contributed by atoms with E-state index in [4.69, 9.17) is 0 Å². The summed E-state index contributed by atoms with van der Waals surface area (Å²) in [7, 11) is 2.02. The fourth-order valence-electron chi connectivity index (χ4n) is 1.82. The summed E-state index contributed by atoms with van der Waals surface area (Å²) >= 11 is 1.82. The maximum Gasteiger partial charge on any atom is 0.146 e. The van der Waals surface area contributed by atoms with E-state index in [-0.39, 0.29) is 0 Å². The van der Waals surface area contributed by atoms with Gasteiger partial charge in [-0.1, -0.05) is 6.92 Å². The Morgan fingerprint density at radius 3 is 2.82 bits per heavy atom. The number of nitriles is 1. The molecule has 0 aromatic carbocycles. The molecule has 0 N–H and O–H groups in total. The van der Waals surface area contributed by atoms with Crippen LogP contribution >= 0.6 is 11.8 Å². The summed E-state index contributed by atoms with van der Waals surface area (Å²) in [5.41, 5.74) is 1.68. The zero-order valence-electron chi connectivity index (χ0n) is 10.9. The predicted molar refractivity (Wildman–Crippen MR) is 74.6 cm³/mol. The predicted octanol–water partition coefficient (Wildman–Crippen LogP) is 2.84. The van der Waals surface area contributed by atoms with Gasteiger partial charge in [-0.15, -0.1) is 0 Å². The number of pyridine rings is 1. The fourth-order valence-corrected chi connectivity index (χ4v) is 2.66. The number of aromatic nitrogens is 1. The standard InChI is InChI=1S/C13H19N3S/c1-5-11(9-17-4)16(3)13-12(8-14)10(2)6-7-15-13/h6-7,11H,5,9H2,1-4H3. The highest BCUT2D eigenvalue weighted by atomic mass is 32.2. The van der Waals surface area contributed by atoms with Gasteiger partial charge in [-0.25, -0.2) is 4.98 Å². The second kappa shape index (κ2) is 6.51. The van der Waals surface area contributed by atoms with Gasteiger partial charge >= 0.3 is 0 Å². The van der Waals surface area contributed by atoms with E-state index in [1.54, 1.807) is 6.20 Å². The summed E-state index contributed by atoms with van der Waals surface area (Å²) in [6.45, 7) is 4.12. The Balaban J connectivity index is 3.07. The van der Waals surface area contributed by atoms with Gasteiger partial charge in [0.25, 0.3) is 0 Å². The summed E-state index contributed by atoms with van der Waals surface area (Å²) < 4.78 is 0. The van der Waals surface area contributed by atoms with Crippen LogP contribution in [0.25, 0.3) is 0 Å². The van der Waals surface area contributed by atoms with Gasteiger partial charge in [-0.3, -0.25) is 0 Å². The second-order valence-corrected chi connectivity index (χ2v) is 4.98. The Hall–Kier alpha value is -1.21. The highest BCUT2D eigenvalue weighted by Gasteiger charge is 2.17. The number of thioether (sulfide) groups is 1. The van der Waals surface area contributed by atoms with Crippen molar-refractivity contribution in [1.29, 1.82) is 5.26 Å². The van der Waals surface area contributed by atoms with Crippen LogP contribution in [0.5, 0.6) is 0 Å². The van der Waals surface area contributed by atoms with Gasteiger partial charge in [0.05, 0.1) is 5.56 Å². The molecule has 0 fully saturated rings. The van der Waals surface area contributed by atoms with Crippen molar-refractivity contribution in [2.24, 2.45) is 0 Å². The van der Waals surface area contributed by atoms with Crippen LogP contribution < -0.4 is 4.90 Å². The van der Waals surface area contributed by atoms with Crippen LogP contribution in [0.3, 0.4) is 0 Å². The molecule has 1 aromatic rings. The molecule has 0 bridgehead atoms. The van der Waals surface area contributed by atoms with E-state index < -0.39 is 0 Å². The van der Waals surface area contributed by atoms with Gasteiger partial charge in [0.2, 0.25) is 0 Å². The van der Waals surface area contributed by atoms with Crippen LogP contribution in [0.1, 0.15) is 24.5 Å². The smallest absolute Gasteiger partial charge is 0.146 e. The van der Waals surface area contributed by atoms with Gasteiger partial charge in [-0.05, 0) is 31.2 Å². The Morgan fingerprint density at radius 1 is 1.59 bits per heavy atom. The Kier molecular flexibility index (Phi) is 5.30. The molecule has 0 spiro atoms. The van der Waals surface area contributed by atoms with Crippen molar-refractivity contribution in [2.75, 3.05) is 24.0 Å². The van der Waals surface area contributed by atoms with Gasteiger partial charge in [0.1, 0.15) is 11.9 Å². The lowest BCUT2D eigenvalue weighted by Crippen LogP contribution is -2.34. The van der Waals surface area contributed by atoms with Crippen LogP contribution in [0.4, 0.5) is 5.82 Å². The average Bonchev–Trinajstić information content (AvgIpc) is 2.34. The molecule has 17 heavy (non-hydrogen) atoms. The van der Waals surface area contributed by atoms with E-state index in [1.807, 2.05) is 31.8 Å². The van der Waals surface area contributed by atoms with Crippen LogP contribution in [0.2, 0.25) is 0 Å². The van der Waals surface area contributed by atoms with Crippen LogP contribution in [0, 0.1) is 18.3 Å². The molecule has 0 aliphatic carbocycles. The van der Waals surface area contributed by atoms with E-state index in [0.717, 1.165) is 23.6 Å². The lowest BCUT2D eigenvalue weighted by molar-refractivity contribution is 0.665. The maximum atomic E-state index is 9.21. The van der Waals surface area contributed by atoms with E-state index in [1.165, 1.54) is 0 Å². The molecule has 92 valence electrons. The molecule has 3 nitrogen and oxygen atoms in total. The maximum absolute atomic E-state index is 9.21. The Labute approximate surface area is 108 Å². The molecule has 1 aromatic heterocycles. The highest BCUT2D eigenvalue weighted by Crippen LogP contribution is 2.22. The number of hydrogen-bond donors (Lipinski definition) is 0. The van der Waals surface area contributed by atoms with Crippen molar-refractivity contribution in [1.82, 2.24) is 4.98 Å². The molecule has 0 amide bonds. The first-order valence-corrected chi connectivity index (χ1v) is 7.12. The van der Waals surface area contributed by atoms with Crippen molar-refractivity contribution < 1.29 is 0 Å². The lowest BCUT2D eigenvalue weighted by atomic mass is 10.1. The first kappa shape index (κ1) is 13.9. The Bertz CT molecular complexity index is 412. The molecular formula is C13H19N3S.